The summed E-state index contributed by atoms with van der Waals surface area (Å²) in [5.41, 5.74) is 1.09. The van der Waals surface area contributed by atoms with Crippen LogP contribution in [-0.2, 0) is 0 Å². The van der Waals surface area contributed by atoms with Crippen molar-refractivity contribution in [3.05, 3.63) is 41.7 Å². The summed E-state index contributed by atoms with van der Waals surface area (Å²) in [5.74, 6) is -1.28. The molecule has 0 atom stereocenters. The van der Waals surface area contributed by atoms with E-state index in [1.807, 2.05) is 31.2 Å². The predicted molar refractivity (Wildman–Crippen MR) is 73.4 cm³/mol. The molecular weight excluding hydrogens is 303 g/mol. The molecule has 20 heavy (non-hydrogen) atoms. The van der Waals surface area contributed by atoms with Crippen molar-refractivity contribution >= 4 is 29.5 Å². The number of hydrogen-bond acceptors (Lipinski definition) is 6. The van der Waals surface area contributed by atoms with Gasteiger partial charge in [-0.2, -0.15) is 0 Å². The number of carboxylic acids is 1. The van der Waals surface area contributed by atoms with Crippen LogP contribution in [0.2, 0.25) is 0 Å². The van der Waals surface area contributed by atoms with Crippen molar-refractivity contribution in [2.45, 2.75) is 21.9 Å². The first-order valence-electron chi connectivity index (χ1n) is 5.47. The average molecular weight is 314 g/mol. The van der Waals surface area contributed by atoms with Gasteiger partial charge in [-0.15, -0.1) is 0 Å². The molecule has 0 amide bonds. The molecule has 98 valence electrons. The Morgan fingerprint density at radius 2 is 1.90 bits per heavy atom. The quantitative estimate of drug-likeness (QED) is 0.411. The minimum absolute atomic E-state index is 0. The van der Waals surface area contributed by atoms with Crippen LogP contribution in [0.3, 0.4) is 0 Å². The van der Waals surface area contributed by atoms with Crippen molar-refractivity contribution in [3.63, 3.8) is 0 Å². The summed E-state index contributed by atoms with van der Waals surface area (Å²) >= 11 is 2.61. The van der Waals surface area contributed by atoms with Gasteiger partial charge in [0.25, 0.3) is 0 Å². The minimum atomic E-state index is -1.28. The molecule has 0 aliphatic heterocycles. The molecule has 0 radical (unpaired) electrons. The van der Waals surface area contributed by atoms with Gasteiger partial charge < -0.3 is 9.90 Å². The third-order valence-corrected chi connectivity index (χ3v) is 3.95. The zero-order chi connectivity index (χ0) is 13.8. The van der Waals surface area contributed by atoms with Crippen LogP contribution in [-0.4, -0.2) is 22.2 Å². The molecule has 4 nitrogen and oxygen atoms in total. The van der Waals surface area contributed by atoms with Gasteiger partial charge in [-0.25, -0.2) is 9.97 Å². The smallest absolute Gasteiger partial charge is 0.543 e. The summed E-state index contributed by atoms with van der Waals surface area (Å²) in [6, 6.07) is 7.80. The monoisotopic (exact) mass is 314 g/mol. The van der Waals surface area contributed by atoms with Crippen LogP contribution in [0.1, 0.15) is 16.1 Å². The zero-order valence-electron chi connectivity index (χ0n) is 11.4. The minimum Gasteiger partial charge on any atom is -0.543 e. The summed E-state index contributed by atoms with van der Waals surface area (Å²) in [6.45, 7) is 2.00. The van der Waals surface area contributed by atoms with Gasteiger partial charge in [-0.3, -0.25) is 0 Å². The van der Waals surface area contributed by atoms with Crippen LogP contribution in [0.15, 0.2) is 45.4 Å². The van der Waals surface area contributed by atoms with Crippen molar-refractivity contribution < 1.29 is 39.5 Å². The van der Waals surface area contributed by atoms with E-state index in [-0.39, 0.29) is 35.3 Å². The van der Waals surface area contributed by atoms with Gasteiger partial charge in [0.15, 0.2) is 5.16 Å². The zero-order valence-corrected chi connectivity index (χ0v) is 15.0. The van der Waals surface area contributed by atoms with Crippen LogP contribution in [0.5, 0.6) is 0 Å². The Kier molecular flexibility index (Phi) is 7.05. The number of thioether (sulfide) groups is 1. The van der Waals surface area contributed by atoms with Gasteiger partial charge in [0, 0.05) is 11.1 Å². The average Bonchev–Trinajstić information content (AvgIpc) is 2.41. The number of hydrogen-bond donors (Lipinski definition) is 0. The maximum Gasteiger partial charge on any atom is 1.00 e. The number of aromatic carboxylic acids is 1. The van der Waals surface area contributed by atoms with E-state index < -0.39 is 5.97 Å². The molecule has 0 spiro atoms. The SMILES string of the molecule is CSc1ncc(Sc2ccc(C)cc2)c(C(=O)[O-])n1.[Na+]. The van der Waals surface area contributed by atoms with Crippen molar-refractivity contribution in [1.82, 2.24) is 9.97 Å². The number of carbonyl (C=O) groups is 1. The van der Waals surface area contributed by atoms with E-state index in [9.17, 15) is 9.90 Å². The third-order valence-electron chi connectivity index (χ3n) is 2.36. The molecular formula is C13H11N2NaO2S2. The molecule has 0 fully saturated rings. The summed E-state index contributed by atoms with van der Waals surface area (Å²) in [6.07, 6.45) is 3.32. The molecule has 0 aliphatic rings. The van der Waals surface area contributed by atoms with E-state index in [2.05, 4.69) is 9.97 Å². The summed E-state index contributed by atoms with van der Waals surface area (Å²) in [5, 5.41) is 11.5. The van der Waals surface area contributed by atoms with Gasteiger partial charge in [0.05, 0.1) is 10.9 Å². The van der Waals surface area contributed by atoms with E-state index in [1.165, 1.54) is 29.7 Å². The number of nitrogens with zero attached hydrogens (tertiary/aromatic N) is 2. The number of aryl methyl sites for hydroxylation is 1. The van der Waals surface area contributed by atoms with Gasteiger partial charge in [0.1, 0.15) is 5.69 Å². The Labute approximate surface area is 148 Å². The van der Waals surface area contributed by atoms with E-state index in [0.717, 1.165) is 10.5 Å². The first-order chi connectivity index (χ1) is 9.10. The predicted octanol–water partition coefficient (Wildman–Crippen LogP) is -0.974. The van der Waals surface area contributed by atoms with E-state index in [4.69, 9.17) is 0 Å². The van der Waals surface area contributed by atoms with Crippen LogP contribution >= 0.6 is 23.5 Å². The third kappa shape index (κ3) is 4.49. The first-order valence-corrected chi connectivity index (χ1v) is 7.51. The molecule has 0 bridgehead atoms. The maximum absolute atomic E-state index is 11.1. The Hall–Kier alpha value is -0.530. The second kappa shape index (κ2) is 8.05. The molecule has 0 saturated heterocycles. The fourth-order valence-electron chi connectivity index (χ4n) is 1.41. The number of rotatable bonds is 4. The normalized spacial score (nSPS) is 9.90. The number of carboxylic acid groups (broad SMARTS) is 1. The Morgan fingerprint density at radius 1 is 1.25 bits per heavy atom. The molecule has 2 aromatic rings. The van der Waals surface area contributed by atoms with Crippen molar-refractivity contribution in [1.29, 1.82) is 0 Å². The summed E-state index contributed by atoms with van der Waals surface area (Å²) in [4.78, 5) is 20.6. The van der Waals surface area contributed by atoms with Gasteiger partial charge >= 0.3 is 29.6 Å². The Balaban J connectivity index is 0.00000200. The van der Waals surface area contributed by atoms with Crippen molar-refractivity contribution in [2.24, 2.45) is 0 Å². The van der Waals surface area contributed by atoms with Gasteiger partial charge in [-0.1, -0.05) is 41.2 Å². The van der Waals surface area contributed by atoms with Crippen LogP contribution in [0.25, 0.3) is 0 Å². The van der Waals surface area contributed by atoms with Crippen molar-refractivity contribution in [2.75, 3.05) is 6.26 Å². The second-order valence-electron chi connectivity index (χ2n) is 3.77. The van der Waals surface area contributed by atoms with Crippen molar-refractivity contribution in [3.8, 4) is 0 Å². The van der Waals surface area contributed by atoms with E-state index in [1.54, 1.807) is 6.26 Å². The molecule has 0 aliphatic carbocycles. The van der Waals surface area contributed by atoms with E-state index in [0.29, 0.717) is 10.1 Å². The second-order valence-corrected chi connectivity index (χ2v) is 5.66. The number of carbonyl (C=O) groups excluding carboxylic acids is 1. The number of aromatic nitrogens is 2. The molecule has 1 heterocycles. The van der Waals surface area contributed by atoms with Crippen LogP contribution < -0.4 is 34.7 Å². The van der Waals surface area contributed by atoms with Crippen LogP contribution in [0.4, 0.5) is 0 Å². The van der Waals surface area contributed by atoms with Gasteiger partial charge in [0.2, 0.25) is 0 Å². The fraction of sp³-hybridized carbons (Fsp3) is 0.154. The Bertz CT molecular complexity index is 606. The standard InChI is InChI=1S/C13H12N2O2S2.Na/c1-8-3-5-9(6-4-8)19-10-7-14-13(18-2)15-11(10)12(16)17;/h3-7H,1-2H3,(H,16,17);/q;+1/p-1. The molecule has 2 rings (SSSR count). The largest absolute Gasteiger partial charge is 1.00 e. The molecule has 1 aromatic carbocycles. The number of benzene rings is 1. The summed E-state index contributed by atoms with van der Waals surface area (Å²) < 4.78 is 0. The maximum atomic E-state index is 11.1. The molecule has 0 N–H and O–H groups in total. The molecule has 0 saturated carbocycles. The molecule has 0 unspecified atom stereocenters. The first kappa shape index (κ1) is 17.5. The fourth-order valence-corrected chi connectivity index (χ4v) is 2.60. The summed E-state index contributed by atoms with van der Waals surface area (Å²) in [7, 11) is 0. The van der Waals surface area contributed by atoms with Crippen LogP contribution in [0, 0.1) is 6.92 Å². The molecule has 7 heteroatoms. The Morgan fingerprint density at radius 3 is 2.45 bits per heavy atom. The van der Waals surface area contributed by atoms with Gasteiger partial charge in [-0.05, 0) is 25.3 Å². The van der Waals surface area contributed by atoms with E-state index >= 15 is 0 Å². The topological polar surface area (TPSA) is 65.9 Å². The molecule has 1 aromatic heterocycles.